The Bertz CT molecular complexity index is 684. The number of hydrogen-bond donors (Lipinski definition) is 4. The van der Waals surface area contributed by atoms with Gasteiger partial charge in [-0.25, -0.2) is 0 Å². The lowest BCUT2D eigenvalue weighted by atomic mass is 9.99. The van der Waals surface area contributed by atoms with Crippen LogP contribution in [0.3, 0.4) is 0 Å². The maximum Gasteiger partial charge on any atom is 0.220 e. The number of aliphatic hydroxyl groups excluding tert-OH is 3. The van der Waals surface area contributed by atoms with Crippen LogP contribution in [0.25, 0.3) is 0 Å². The van der Waals surface area contributed by atoms with Crippen LogP contribution >= 0.6 is 0 Å². The van der Waals surface area contributed by atoms with Crippen LogP contribution in [0.15, 0.2) is 12.2 Å². The zero-order valence-corrected chi connectivity index (χ0v) is 33.1. The average Bonchev–Trinajstić information content (AvgIpc) is 3.10. The second kappa shape index (κ2) is 39.9. The number of nitrogens with one attached hydrogen (secondary N) is 1. The molecule has 4 N–H and O–H groups in total. The molecule has 3 atom stereocenters. The molecule has 0 rings (SSSR count). The standard InChI is InChI=1S/C44H87NO4/c1-3-5-7-9-11-13-15-17-18-19-20-21-22-23-24-25-26-27-28-30-32-34-36-38-42(47)44(49)41(40-46)45-43(48)39-37-35-33-31-29-16-14-12-10-8-6-4-2/h12,14,41-42,44,46-47,49H,3-11,13,15-40H2,1-2H3,(H,45,48)/b14-12-. The van der Waals surface area contributed by atoms with Crippen molar-refractivity contribution in [1.29, 1.82) is 0 Å². The van der Waals surface area contributed by atoms with Gasteiger partial charge in [0.2, 0.25) is 5.91 Å². The monoisotopic (exact) mass is 694 g/mol. The van der Waals surface area contributed by atoms with E-state index in [0.717, 1.165) is 44.9 Å². The molecule has 0 aromatic heterocycles. The molecule has 3 unspecified atom stereocenters. The van der Waals surface area contributed by atoms with Crippen LogP contribution in [0.1, 0.15) is 239 Å². The van der Waals surface area contributed by atoms with Crippen LogP contribution in [-0.2, 0) is 4.79 Å². The molecule has 0 saturated carbocycles. The Balaban J connectivity index is 3.56. The summed E-state index contributed by atoms with van der Waals surface area (Å²) >= 11 is 0. The van der Waals surface area contributed by atoms with E-state index in [2.05, 4.69) is 31.3 Å². The lowest BCUT2D eigenvalue weighted by Gasteiger charge is -2.26. The summed E-state index contributed by atoms with van der Waals surface area (Å²) < 4.78 is 0. The molecular weight excluding hydrogens is 606 g/mol. The first-order chi connectivity index (χ1) is 24.1. The van der Waals surface area contributed by atoms with Crippen molar-refractivity contribution in [3.63, 3.8) is 0 Å². The first kappa shape index (κ1) is 48.1. The summed E-state index contributed by atoms with van der Waals surface area (Å²) in [5.41, 5.74) is 0. The maximum atomic E-state index is 12.4. The van der Waals surface area contributed by atoms with E-state index in [-0.39, 0.29) is 12.5 Å². The number of aliphatic hydroxyl groups is 3. The van der Waals surface area contributed by atoms with E-state index in [9.17, 15) is 20.1 Å². The van der Waals surface area contributed by atoms with Gasteiger partial charge < -0.3 is 20.6 Å². The molecule has 0 fully saturated rings. The Labute approximate surface area is 306 Å². The van der Waals surface area contributed by atoms with Crippen molar-refractivity contribution in [1.82, 2.24) is 5.32 Å². The van der Waals surface area contributed by atoms with Gasteiger partial charge in [-0.2, -0.15) is 0 Å². The normalized spacial score (nSPS) is 13.7. The van der Waals surface area contributed by atoms with Crippen molar-refractivity contribution in [3.05, 3.63) is 12.2 Å². The molecule has 5 nitrogen and oxygen atoms in total. The van der Waals surface area contributed by atoms with Crippen LogP contribution in [0.5, 0.6) is 0 Å². The maximum absolute atomic E-state index is 12.4. The van der Waals surface area contributed by atoms with E-state index in [0.29, 0.717) is 12.8 Å². The fourth-order valence-corrected chi connectivity index (χ4v) is 6.92. The Morgan fingerprint density at radius 1 is 0.490 bits per heavy atom. The third kappa shape index (κ3) is 35.3. The molecule has 0 heterocycles. The summed E-state index contributed by atoms with van der Waals surface area (Å²) in [6.45, 7) is 4.16. The number of allylic oxidation sites excluding steroid dienone is 2. The van der Waals surface area contributed by atoms with Crippen LogP contribution < -0.4 is 5.32 Å². The van der Waals surface area contributed by atoms with E-state index < -0.39 is 18.2 Å². The molecule has 0 aromatic carbocycles. The number of rotatable bonds is 40. The quantitative estimate of drug-likeness (QED) is 0.0380. The summed E-state index contributed by atoms with van der Waals surface area (Å²) in [5.74, 6) is -0.153. The van der Waals surface area contributed by atoms with E-state index in [1.165, 1.54) is 167 Å². The summed E-state index contributed by atoms with van der Waals surface area (Å²) in [6, 6.07) is -0.809. The van der Waals surface area contributed by atoms with Crippen molar-refractivity contribution in [3.8, 4) is 0 Å². The number of carbonyl (C=O) groups is 1. The van der Waals surface area contributed by atoms with Gasteiger partial charge in [-0.15, -0.1) is 0 Å². The second-order valence-corrected chi connectivity index (χ2v) is 15.3. The smallest absolute Gasteiger partial charge is 0.220 e. The predicted octanol–water partition coefficient (Wildman–Crippen LogP) is 12.4. The van der Waals surface area contributed by atoms with Crippen LogP contribution in [0.2, 0.25) is 0 Å². The minimum absolute atomic E-state index is 0.153. The highest BCUT2D eigenvalue weighted by Crippen LogP contribution is 2.17. The van der Waals surface area contributed by atoms with Crippen molar-refractivity contribution < 1.29 is 20.1 Å². The van der Waals surface area contributed by atoms with Gasteiger partial charge in [-0.3, -0.25) is 4.79 Å². The van der Waals surface area contributed by atoms with E-state index in [4.69, 9.17) is 0 Å². The average molecular weight is 694 g/mol. The van der Waals surface area contributed by atoms with E-state index in [1.807, 2.05) is 0 Å². The van der Waals surface area contributed by atoms with Gasteiger partial charge in [0.05, 0.1) is 18.8 Å². The molecule has 0 aromatic rings. The Morgan fingerprint density at radius 3 is 1.22 bits per heavy atom. The third-order valence-electron chi connectivity index (χ3n) is 10.4. The molecule has 292 valence electrons. The number of unbranched alkanes of at least 4 members (excludes halogenated alkanes) is 30. The van der Waals surface area contributed by atoms with E-state index >= 15 is 0 Å². The summed E-state index contributed by atoms with van der Waals surface area (Å²) in [7, 11) is 0. The fraction of sp³-hybridized carbons (Fsp3) is 0.932. The van der Waals surface area contributed by atoms with Crippen LogP contribution in [-0.4, -0.2) is 46.1 Å². The highest BCUT2D eigenvalue weighted by atomic mass is 16.3. The molecule has 0 spiro atoms. The first-order valence-electron chi connectivity index (χ1n) is 22.0. The van der Waals surface area contributed by atoms with Gasteiger partial charge in [0.1, 0.15) is 6.10 Å². The zero-order chi connectivity index (χ0) is 35.9. The number of hydrogen-bond acceptors (Lipinski definition) is 4. The Morgan fingerprint density at radius 2 is 0.816 bits per heavy atom. The minimum atomic E-state index is -1.14. The zero-order valence-electron chi connectivity index (χ0n) is 33.1. The molecule has 0 aliphatic carbocycles. The van der Waals surface area contributed by atoms with Crippen molar-refractivity contribution >= 4 is 5.91 Å². The van der Waals surface area contributed by atoms with Gasteiger partial charge in [0.25, 0.3) is 0 Å². The van der Waals surface area contributed by atoms with Crippen LogP contribution in [0.4, 0.5) is 0 Å². The van der Waals surface area contributed by atoms with Crippen molar-refractivity contribution in [2.45, 2.75) is 257 Å². The van der Waals surface area contributed by atoms with Crippen LogP contribution in [0, 0.1) is 0 Å². The SMILES string of the molecule is CCCCC/C=C\CCCCCCCC(=O)NC(CO)C(O)C(O)CCCCCCCCCCCCCCCCCCCCCCCCC. The van der Waals surface area contributed by atoms with Gasteiger partial charge >= 0.3 is 0 Å². The fourth-order valence-electron chi connectivity index (χ4n) is 6.92. The predicted molar refractivity (Wildman–Crippen MR) is 213 cm³/mol. The topological polar surface area (TPSA) is 89.8 Å². The molecule has 0 saturated heterocycles. The van der Waals surface area contributed by atoms with E-state index in [1.54, 1.807) is 0 Å². The summed E-state index contributed by atoms with van der Waals surface area (Å²) in [6.07, 6.45) is 46.1. The van der Waals surface area contributed by atoms with Crippen molar-refractivity contribution in [2.24, 2.45) is 0 Å². The van der Waals surface area contributed by atoms with Gasteiger partial charge in [-0.05, 0) is 38.5 Å². The highest BCUT2D eigenvalue weighted by Gasteiger charge is 2.26. The molecular formula is C44H87NO4. The molecule has 0 aliphatic heterocycles. The summed E-state index contributed by atoms with van der Waals surface area (Å²) in [4.78, 5) is 12.4. The number of amides is 1. The molecule has 5 heteroatoms. The molecule has 0 radical (unpaired) electrons. The second-order valence-electron chi connectivity index (χ2n) is 15.3. The summed E-state index contributed by atoms with van der Waals surface area (Å²) in [5, 5.41) is 33.5. The lowest BCUT2D eigenvalue weighted by molar-refractivity contribution is -0.124. The highest BCUT2D eigenvalue weighted by molar-refractivity contribution is 5.76. The largest absolute Gasteiger partial charge is 0.394 e. The first-order valence-corrected chi connectivity index (χ1v) is 22.0. The molecule has 49 heavy (non-hydrogen) atoms. The third-order valence-corrected chi connectivity index (χ3v) is 10.4. The van der Waals surface area contributed by atoms with Gasteiger partial charge in [0, 0.05) is 6.42 Å². The molecule has 0 aliphatic rings. The minimum Gasteiger partial charge on any atom is -0.394 e. The lowest BCUT2D eigenvalue weighted by Crippen LogP contribution is -2.50. The Hall–Kier alpha value is -0.910. The van der Waals surface area contributed by atoms with Gasteiger partial charge in [-0.1, -0.05) is 206 Å². The van der Waals surface area contributed by atoms with Gasteiger partial charge in [0.15, 0.2) is 0 Å². The van der Waals surface area contributed by atoms with Crippen molar-refractivity contribution in [2.75, 3.05) is 6.61 Å². The number of carbonyl (C=O) groups excluding carboxylic acids is 1. The Kier molecular flexibility index (Phi) is 39.1. The molecule has 1 amide bonds. The molecule has 0 bridgehead atoms.